The van der Waals surface area contributed by atoms with E-state index in [0.717, 1.165) is 96.7 Å². The molecule has 0 saturated carbocycles. The monoisotopic (exact) mass is 811 g/mol. The first kappa shape index (κ1) is 30.1. The molecule has 0 amide bonds. The van der Waals surface area contributed by atoms with Gasteiger partial charge in [0, 0.05) is 53.3 Å². The topological polar surface area (TPSA) is 43.6 Å². The fraction of sp³-hybridized carbons (Fsp3) is 0. The maximum Gasteiger partial charge on any atom is 0.165 e. The summed E-state index contributed by atoms with van der Waals surface area (Å²) in [6.07, 6.45) is 0. The molecule has 0 aliphatic rings. The molecule has 0 saturated heterocycles. The highest BCUT2D eigenvalue weighted by Crippen LogP contribution is 2.46. The van der Waals surface area contributed by atoms with Crippen LogP contribution in [0.15, 0.2) is 206 Å². The number of hydrogen-bond acceptors (Lipinski definition) is 4. The van der Waals surface area contributed by atoms with Gasteiger partial charge in [0.25, 0.3) is 0 Å². The Bertz CT molecular complexity index is 4120. The van der Waals surface area contributed by atoms with E-state index in [1.54, 1.807) is 11.3 Å². The Balaban J connectivity index is 1.16. The van der Waals surface area contributed by atoms with E-state index in [9.17, 15) is 0 Å². The lowest BCUT2D eigenvalue weighted by Gasteiger charge is -2.14. The molecule has 5 heteroatoms. The van der Waals surface area contributed by atoms with Crippen molar-refractivity contribution in [2.75, 3.05) is 0 Å². The van der Waals surface area contributed by atoms with Gasteiger partial charge in [0.1, 0.15) is 0 Å². The van der Waals surface area contributed by atoms with Crippen molar-refractivity contribution in [2.24, 2.45) is 0 Å². The predicted molar refractivity (Wildman–Crippen MR) is 261 cm³/mol. The van der Waals surface area contributed by atoms with Crippen LogP contribution in [-0.2, 0) is 0 Å². The highest BCUT2D eigenvalue weighted by Gasteiger charge is 2.22. The number of aromatic nitrogens is 4. The molecule has 0 aliphatic heterocycles. The van der Waals surface area contributed by atoms with Gasteiger partial charge in [-0.15, -0.1) is 11.3 Å². The second-order valence-electron chi connectivity index (χ2n) is 15.5. The van der Waals surface area contributed by atoms with Gasteiger partial charge in [-0.2, -0.15) is 0 Å². The molecule has 13 aromatic rings. The molecular weight excluding hydrogens is 773 g/mol. The number of para-hydroxylation sites is 2. The molecule has 10 aromatic carbocycles. The number of fused-ring (bicyclic) bond motifs is 12. The van der Waals surface area contributed by atoms with Gasteiger partial charge < -0.3 is 4.57 Å². The van der Waals surface area contributed by atoms with Crippen LogP contribution in [0.25, 0.3) is 125 Å². The molecule has 0 aliphatic carbocycles. The van der Waals surface area contributed by atoms with E-state index >= 15 is 0 Å². The van der Waals surface area contributed by atoms with E-state index in [0.29, 0.717) is 17.2 Å². The molecule has 0 N–H and O–H groups in total. The zero-order chi connectivity index (χ0) is 45.1. The van der Waals surface area contributed by atoms with Gasteiger partial charge in [0.2, 0.25) is 0 Å². The van der Waals surface area contributed by atoms with E-state index < -0.39 is 18.1 Å². The molecule has 288 valence electrons. The van der Waals surface area contributed by atoms with Crippen LogP contribution < -0.4 is 0 Å². The van der Waals surface area contributed by atoms with Crippen LogP contribution >= 0.6 is 11.3 Å². The Kier molecular flexibility index (Phi) is 6.69. The number of benzene rings is 10. The second kappa shape index (κ2) is 13.8. The van der Waals surface area contributed by atoms with Gasteiger partial charge in [-0.1, -0.05) is 170 Å². The third-order valence-corrected chi connectivity index (χ3v) is 13.3. The average Bonchev–Trinajstić information content (AvgIpc) is 3.93. The summed E-state index contributed by atoms with van der Waals surface area (Å²) in [4.78, 5) is 15.5. The Morgan fingerprint density at radius 3 is 1.63 bits per heavy atom. The summed E-state index contributed by atoms with van der Waals surface area (Å²) in [7, 11) is 0. The van der Waals surface area contributed by atoms with E-state index in [-0.39, 0.29) is 23.5 Å². The molecule has 0 bridgehead atoms. The Hall–Kier alpha value is -7.99. The van der Waals surface area contributed by atoms with Gasteiger partial charge in [0.05, 0.1) is 17.9 Å². The largest absolute Gasteiger partial charge is 0.309 e. The van der Waals surface area contributed by atoms with Gasteiger partial charge in [0.15, 0.2) is 17.5 Å². The van der Waals surface area contributed by atoms with Crippen molar-refractivity contribution in [2.45, 2.75) is 0 Å². The summed E-state index contributed by atoms with van der Waals surface area (Å²) in [6.45, 7) is 0. The van der Waals surface area contributed by atoms with Crippen LogP contribution in [0.3, 0.4) is 0 Å². The quantitative estimate of drug-likeness (QED) is 0.163. The maximum atomic E-state index is 9.12. The smallest absolute Gasteiger partial charge is 0.165 e. The normalized spacial score (nSPS) is 13.0. The molecule has 4 nitrogen and oxygen atoms in total. The van der Waals surface area contributed by atoms with Crippen LogP contribution in [0.2, 0.25) is 0 Å². The third-order valence-electron chi connectivity index (χ3n) is 12.1. The standard InChI is InChI=1S/C57H34N4S/c1-3-16-35(17-4-1)39-26-15-29-52-53(39)48-33-38(61-50-27-13-11-24-45(50)46-25-12-14-28-51(46)61)34-49(54(48)62-52)57-59-55(36-18-5-2-6-19-36)58-56(60-57)37-30-31-44-42-22-8-7-20-40(42)41-21-9-10-23-43(41)47(44)32-37/h1-34H/i2D,5D,6D,18D,19D. The molecule has 0 radical (unpaired) electrons. The van der Waals surface area contributed by atoms with E-state index in [4.69, 9.17) is 21.8 Å². The van der Waals surface area contributed by atoms with E-state index in [1.807, 2.05) is 18.2 Å². The Morgan fingerprint density at radius 2 is 0.952 bits per heavy atom. The van der Waals surface area contributed by atoms with Crippen molar-refractivity contribution in [1.29, 1.82) is 0 Å². The summed E-state index contributed by atoms with van der Waals surface area (Å²) >= 11 is 1.66. The molecule has 0 fully saturated rings. The third kappa shape index (κ3) is 5.35. The van der Waals surface area contributed by atoms with Crippen molar-refractivity contribution < 1.29 is 6.85 Å². The molecule has 0 spiro atoms. The van der Waals surface area contributed by atoms with Crippen molar-refractivity contribution in [3.63, 3.8) is 0 Å². The lowest BCUT2D eigenvalue weighted by Crippen LogP contribution is -2.01. The van der Waals surface area contributed by atoms with Gasteiger partial charge in [-0.3, -0.25) is 0 Å². The summed E-state index contributed by atoms with van der Waals surface area (Å²) < 4.78 is 48.3. The van der Waals surface area contributed by atoms with Gasteiger partial charge in [-0.05, 0) is 79.8 Å². The summed E-state index contributed by atoms with van der Waals surface area (Å²) in [5.41, 5.74) is 6.52. The van der Waals surface area contributed by atoms with Crippen LogP contribution in [0.5, 0.6) is 0 Å². The van der Waals surface area contributed by atoms with E-state index in [2.05, 4.69) is 162 Å². The van der Waals surface area contributed by atoms with Crippen LogP contribution in [-0.4, -0.2) is 19.5 Å². The summed E-state index contributed by atoms with van der Waals surface area (Å²) in [5.74, 6) is 0.616. The predicted octanol–water partition coefficient (Wildman–Crippen LogP) is 15.5. The molecule has 3 heterocycles. The second-order valence-corrected chi connectivity index (χ2v) is 16.6. The molecule has 0 atom stereocenters. The minimum absolute atomic E-state index is 0.0121. The summed E-state index contributed by atoms with van der Waals surface area (Å²) in [6, 6.07) is 58.9. The van der Waals surface area contributed by atoms with E-state index in [1.165, 1.54) is 0 Å². The maximum absolute atomic E-state index is 9.12. The summed E-state index contributed by atoms with van der Waals surface area (Å²) in [5, 5.41) is 11.0. The number of rotatable bonds is 5. The molecule has 0 unspecified atom stereocenters. The molecule has 62 heavy (non-hydrogen) atoms. The lowest BCUT2D eigenvalue weighted by molar-refractivity contribution is 1.08. The zero-order valence-electron chi connectivity index (χ0n) is 37.9. The fourth-order valence-corrected chi connectivity index (χ4v) is 10.6. The van der Waals surface area contributed by atoms with Crippen molar-refractivity contribution in [3.8, 4) is 51.0 Å². The highest BCUT2D eigenvalue weighted by molar-refractivity contribution is 7.26. The van der Waals surface area contributed by atoms with Crippen LogP contribution in [0.4, 0.5) is 0 Å². The van der Waals surface area contributed by atoms with Gasteiger partial charge >= 0.3 is 0 Å². The zero-order valence-corrected chi connectivity index (χ0v) is 33.8. The van der Waals surface area contributed by atoms with Crippen LogP contribution in [0.1, 0.15) is 6.85 Å². The first-order chi connectivity index (χ1) is 32.8. The highest BCUT2D eigenvalue weighted by atomic mass is 32.1. The number of thiophene rings is 1. The average molecular weight is 812 g/mol. The minimum Gasteiger partial charge on any atom is -0.309 e. The number of hydrogen-bond donors (Lipinski definition) is 0. The minimum atomic E-state index is -0.484. The first-order valence-electron chi connectivity index (χ1n) is 23.0. The van der Waals surface area contributed by atoms with Crippen molar-refractivity contribution in [3.05, 3.63) is 206 Å². The molecular formula is C57H34N4S. The van der Waals surface area contributed by atoms with Crippen LogP contribution in [0, 0.1) is 0 Å². The van der Waals surface area contributed by atoms with Crippen molar-refractivity contribution >= 4 is 85.6 Å². The molecule has 13 rings (SSSR count). The lowest BCUT2D eigenvalue weighted by atomic mass is 9.93. The first-order valence-corrected chi connectivity index (χ1v) is 21.3. The fourth-order valence-electron chi connectivity index (χ4n) is 9.41. The molecule has 3 aromatic heterocycles. The van der Waals surface area contributed by atoms with Crippen molar-refractivity contribution in [1.82, 2.24) is 19.5 Å². The Labute approximate surface area is 367 Å². The van der Waals surface area contributed by atoms with Gasteiger partial charge in [-0.25, -0.2) is 15.0 Å². The number of nitrogens with zero attached hydrogens (tertiary/aromatic N) is 4. The Morgan fingerprint density at radius 1 is 0.387 bits per heavy atom. The SMILES string of the molecule is [2H]c1c([2H])c([2H])c(-c2nc(-c3ccc4c5ccccc5c5ccccc5c4c3)nc(-c3cc(-n4c5ccccc5c5ccccc54)cc4c3sc3cccc(-c5ccccc5)c34)n2)c([2H])c1[2H].